The summed E-state index contributed by atoms with van der Waals surface area (Å²) in [4.78, 5) is 36.8. The number of benzene rings is 1. The standard InChI is InChI=1S/C16H16F3N3O4/c1-26-11-6-2-9(3-7-11)8-22-13(24)15(16(17,18)19,21-14(22)25)20-12(23)10-4-5-10/h2-3,6-7,10H,4-5,8H2,1H3,(H,20,23)(H,21,25). The van der Waals surface area contributed by atoms with E-state index in [0.717, 1.165) is 0 Å². The molecule has 140 valence electrons. The van der Waals surface area contributed by atoms with Gasteiger partial charge in [0.25, 0.3) is 11.6 Å². The first kappa shape index (κ1) is 18.0. The van der Waals surface area contributed by atoms with Gasteiger partial charge in [0, 0.05) is 5.92 Å². The van der Waals surface area contributed by atoms with Gasteiger partial charge in [-0.05, 0) is 30.5 Å². The Morgan fingerprint density at radius 3 is 2.42 bits per heavy atom. The number of hydrogen-bond donors (Lipinski definition) is 2. The highest BCUT2D eigenvalue weighted by Gasteiger charge is 2.69. The van der Waals surface area contributed by atoms with Crippen molar-refractivity contribution in [3.63, 3.8) is 0 Å². The topological polar surface area (TPSA) is 87.7 Å². The Hall–Kier alpha value is -2.78. The Labute approximate surface area is 146 Å². The molecule has 7 nitrogen and oxygen atoms in total. The van der Waals surface area contributed by atoms with E-state index < -0.39 is 35.6 Å². The molecule has 1 aliphatic heterocycles. The van der Waals surface area contributed by atoms with Gasteiger partial charge in [0.2, 0.25) is 5.91 Å². The molecule has 2 fully saturated rings. The molecule has 2 aliphatic rings. The van der Waals surface area contributed by atoms with Crippen molar-refractivity contribution in [3.8, 4) is 5.75 Å². The fraction of sp³-hybridized carbons (Fsp3) is 0.438. The summed E-state index contributed by atoms with van der Waals surface area (Å²) >= 11 is 0. The van der Waals surface area contributed by atoms with Crippen molar-refractivity contribution in [3.05, 3.63) is 29.8 Å². The smallest absolute Gasteiger partial charge is 0.440 e. The molecule has 26 heavy (non-hydrogen) atoms. The summed E-state index contributed by atoms with van der Waals surface area (Å²) in [5.74, 6) is -2.50. The lowest BCUT2D eigenvalue weighted by atomic mass is 10.1. The maximum absolute atomic E-state index is 13.6. The van der Waals surface area contributed by atoms with Gasteiger partial charge in [-0.3, -0.25) is 19.8 Å². The molecule has 1 aromatic carbocycles. The number of carbonyl (C=O) groups excluding carboxylic acids is 3. The average molecular weight is 371 g/mol. The van der Waals surface area contributed by atoms with Gasteiger partial charge < -0.3 is 10.1 Å². The zero-order valence-electron chi connectivity index (χ0n) is 13.7. The number of amides is 4. The first-order chi connectivity index (χ1) is 12.2. The third-order valence-corrected chi connectivity index (χ3v) is 4.29. The van der Waals surface area contributed by atoms with Crippen molar-refractivity contribution in [2.24, 2.45) is 5.92 Å². The van der Waals surface area contributed by atoms with Crippen LogP contribution in [-0.2, 0) is 16.1 Å². The van der Waals surface area contributed by atoms with Gasteiger partial charge in [0.05, 0.1) is 13.7 Å². The molecule has 0 radical (unpaired) electrons. The number of imide groups is 1. The Balaban J connectivity index is 1.85. The van der Waals surface area contributed by atoms with Gasteiger partial charge in [-0.2, -0.15) is 13.2 Å². The largest absolute Gasteiger partial charge is 0.497 e. The molecular formula is C16H16F3N3O4. The molecule has 3 rings (SSSR count). The van der Waals surface area contributed by atoms with Gasteiger partial charge in [-0.1, -0.05) is 12.1 Å². The molecule has 4 amide bonds. The Kier molecular flexibility index (Phi) is 4.29. The van der Waals surface area contributed by atoms with Crippen molar-refractivity contribution in [2.45, 2.75) is 31.2 Å². The molecule has 1 aliphatic carbocycles. The summed E-state index contributed by atoms with van der Waals surface area (Å²) in [6, 6.07) is 4.93. The number of ether oxygens (including phenoxy) is 1. The molecule has 1 saturated heterocycles. The van der Waals surface area contributed by atoms with Crippen LogP contribution in [0.25, 0.3) is 0 Å². The van der Waals surface area contributed by atoms with Gasteiger partial charge in [-0.15, -0.1) is 0 Å². The minimum atomic E-state index is -5.18. The second-order valence-electron chi connectivity index (χ2n) is 6.18. The highest BCUT2D eigenvalue weighted by Crippen LogP contribution is 2.36. The van der Waals surface area contributed by atoms with E-state index in [1.54, 1.807) is 22.8 Å². The number of hydrogen-bond acceptors (Lipinski definition) is 4. The van der Waals surface area contributed by atoms with E-state index >= 15 is 0 Å². The molecule has 0 aromatic heterocycles. The maximum Gasteiger partial charge on any atom is 0.440 e. The third kappa shape index (κ3) is 3.06. The lowest BCUT2D eigenvalue weighted by Gasteiger charge is -2.29. The second kappa shape index (κ2) is 6.19. The summed E-state index contributed by atoms with van der Waals surface area (Å²) in [6.07, 6.45) is -4.27. The van der Waals surface area contributed by atoms with E-state index in [-0.39, 0.29) is 6.54 Å². The van der Waals surface area contributed by atoms with Gasteiger partial charge >= 0.3 is 12.2 Å². The van der Waals surface area contributed by atoms with Crippen LogP contribution >= 0.6 is 0 Å². The number of rotatable bonds is 5. The van der Waals surface area contributed by atoms with Crippen molar-refractivity contribution in [2.75, 3.05) is 7.11 Å². The van der Waals surface area contributed by atoms with E-state index in [0.29, 0.717) is 29.1 Å². The van der Waals surface area contributed by atoms with Crippen LogP contribution in [-0.4, -0.2) is 41.7 Å². The maximum atomic E-state index is 13.6. The molecule has 1 heterocycles. The lowest BCUT2D eigenvalue weighted by molar-refractivity contribution is -0.204. The second-order valence-corrected chi connectivity index (χ2v) is 6.18. The van der Waals surface area contributed by atoms with Crippen LogP contribution in [0.1, 0.15) is 18.4 Å². The van der Waals surface area contributed by atoms with Crippen molar-refractivity contribution in [1.29, 1.82) is 0 Å². The zero-order chi connectivity index (χ0) is 19.1. The molecule has 0 spiro atoms. The number of alkyl halides is 3. The summed E-state index contributed by atoms with van der Waals surface area (Å²) in [5.41, 5.74) is -3.00. The van der Waals surface area contributed by atoms with Crippen LogP contribution in [0.5, 0.6) is 5.75 Å². The summed E-state index contributed by atoms with van der Waals surface area (Å²) < 4.78 is 45.8. The summed E-state index contributed by atoms with van der Waals surface area (Å²) in [7, 11) is 1.45. The number of nitrogens with one attached hydrogen (secondary N) is 2. The van der Waals surface area contributed by atoms with Crippen LogP contribution in [0.3, 0.4) is 0 Å². The van der Waals surface area contributed by atoms with Crippen molar-refractivity contribution in [1.82, 2.24) is 15.5 Å². The quantitative estimate of drug-likeness (QED) is 0.769. The molecule has 10 heteroatoms. The van der Waals surface area contributed by atoms with Crippen LogP contribution in [0.15, 0.2) is 24.3 Å². The SMILES string of the molecule is COc1ccc(CN2C(=O)NC(NC(=O)C3CC3)(C(F)(F)F)C2=O)cc1. The van der Waals surface area contributed by atoms with E-state index in [1.165, 1.54) is 19.2 Å². The minimum absolute atomic E-state index is 0.369. The van der Waals surface area contributed by atoms with E-state index in [2.05, 4.69) is 0 Å². The van der Waals surface area contributed by atoms with Crippen molar-refractivity contribution < 1.29 is 32.3 Å². The van der Waals surface area contributed by atoms with Gasteiger partial charge in [-0.25, -0.2) is 4.79 Å². The molecule has 0 bridgehead atoms. The Morgan fingerprint density at radius 1 is 1.31 bits per heavy atom. The van der Waals surface area contributed by atoms with Crippen molar-refractivity contribution >= 4 is 17.8 Å². The monoisotopic (exact) mass is 371 g/mol. The van der Waals surface area contributed by atoms with Crippen LogP contribution in [0, 0.1) is 5.92 Å². The minimum Gasteiger partial charge on any atom is -0.497 e. The summed E-state index contributed by atoms with van der Waals surface area (Å²) in [6.45, 7) is -0.369. The van der Waals surface area contributed by atoms with E-state index in [4.69, 9.17) is 4.74 Å². The summed E-state index contributed by atoms with van der Waals surface area (Å²) in [5, 5.41) is 3.32. The van der Waals surface area contributed by atoms with E-state index in [1.807, 2.05) is 0 Å². The molecule has 1 unspecified atom stereocenters. The first-order valence-corrected chi connectivity index (χ1v) is 7.84. The number of methoxy groups -OCH3 is 1. The number of carbonyl (C=O) groups is 3. The number of nitrogens with zero attached hydrogens (tertiary/aromatic N) is 1. The predicted octanol–water partition coefficient (Wildman–Crippen LogP) is 1.53. The molecular weight excluding hydrogens is 355 g/mol. The zero-order valence-corrected chi connectivity index (χ0v) is 13.7. The van der Waals surface area contributed by atoms with Crippen LogP contribution < -0.4 is 15.4 Å². The van der Waals surface area contributed by atoms with Gasteiger partial charge in [0.1, 0.15) is 5.75 Å². The fourth-order valence-corrected chi connectivity index (χ4v) is 2.61. The molecule has 2 N–H and O–H groups in total. The van der Waals surface area contributed by atoms with Gasteiger partial charge in [0.15, 0.2) is 0 Å². The average Bonchev–Trinajstić information content (AvgIpc) is 3.39. The molecule has 1 saturated carbocycles. The normalized spacial score (nSPS) is 23.0. The van der Waals surface area contributed by atoms with E-state index in [9.17, 15) is 27.6 Å². The first-order valence-electron chi connectivity index (χ1n) is 7.84. The Bertz CT molecular complexity index is 746. The number of urea groups is 1. The Morgan fingerprint density at radius 2 is 1.92 bits per heavy atom. The highest BCUT2D eigenvalue weighted by molar-refractivity contribution is 6.09. The predicted molar refractivity (Wildman–Crippen MR) is 81.7 cm³/mol. The van der Waals surface area contributed by atoms with Crippen LogP contribution in [0.2, 0.25) is 0 Å². The number of halogens is 3. The molecule has 1 atom stereocenters. The van der Waals surface area contributed by atoms with Crippen LogP contribution in [0.4, 0.5) is 18.0 Å². The fourth-order valence-electron chi connectivity index (χ4n) is 2.61. The third-order valence-electron chi connectivity index (χ3n) is 4.29. The highest BCUT2D eigenvalue weighted by atomic mass is 19.4. The molecule has 1 aromatic rings. The lowest BCUT2D eigenvalue weighted by Crippen LogP contribution is -2.69.